The number of hydrogen-bond donors (Lipinski definition) is 2. The number of aliphatic hydroxyl groups excluding tert-OH is 2. The van der Waals surface area contributed by atoms with Crippen molar-refractivity contribution in [3.8, 4) is 0 Å². The molecule has 4 nitrogen and oxygen atoms in total. The van der Waals surface area contributed by atoms with Crippen molar-refractivity contribution in [3.05, 3.63) is 15.0 Å². The van der Waals surface area contributed by atoms with E-state index in [0.717, 1.165) is 9.39 Å². The van der Waals surface area contributed by atoms with Gasteiger partial charge < -0.3 is 10.2 Å². The molecule has 0 bridgehead atoms. The minimum absolute atomic E-state index is 0.229. The van der Waals surface area contributed by atoms with Crippen molar-refractivity contribution in [1.29, 1.82) is 0 Å². The number of rotatable bonds is 4. The van der Waals surface area contributed by atoms with Gasteiger partial charge >= 0.3 is 0 Å². The summed E-state index contributed by atoms with van der Waals surface area (Å²) in [6, 6.07) is 0. The fraction of sp³-hybridized carbons (Fsp3) is 0.700. The summed E-state index contributed by atoms with van der Waals surface area (Å²) < 4.78 is 2.74. The van der Waals surface area contributed by atoms with E-state index in [1.807, 2.05) is 6.92 Å². The van der Waals surface area contributed by atoms with E-state index in [1.54, 1.807) is 4.68 Å². The van der Waals surface area contributed by atoms with Crippen LogP contribution in [0.25, 0.3) is 0 Å². The highest BCUT2D eigenvalue weighted by Crippen LogP contribution is 2.24. The summed E-state index contributed by atoms with van der Waals surface area (Å²) in [4.78, 5) is 0. The quantitative estimate of drug-likeness (QED) is 0.820. The molecule has 1 unspecified atom stereocenters. The minimum Gasteiger partial charge on any atom is -0.394 e. The van der Waals surface area contributed by atoms with Gasteiger partial charge in [0, 0.05) is 11.3 Å². The highest BCUT2D eigenvalue weighted by atomic mass is 127. The Bertz CT molecular complexity index is 336. The molecule has 0 saturated heterocycles. The molecule has 0 fully saturated rings. The van der Waals surface area contributed by atoms with Crippen LogP contribution in [0.3, 0.4) is 0 Å². The van der Waals surface area contributed by atoms with E-state index in [-0.39, 0.29) is 6.61 Å². The topological polar surface area (TPSA) is 58.3 Å². The van der Waals surface area contributed by atoms with Crippen molar-refractivity contribution in [1.82, 2.24) is 9.78 Å². The predicted molar refractivity (Wildman–Crippen MR) is 66.9 cm³/mol. The van der Waals surface area contributed by atoms with Crippen LogP contribution in [-0.4, -0.2) is 32.7 Å². The molecule has 0 spiro atoms. The SMILES string of the molecule is Cc1c(C(C)C)c(I)nn1CC(O)CO. The molecule has 1 aromatic rings. The van der Waals surface area contributed by atoms with E-state index in [9.17, 15) is 5.11 Å². The molecule has 15 heavy (non-hydrogen) atoms. The summed E-state index contributed by atoms with van der Waals surface area (Å²) in [5, 5.41) is 22.5. The van der Waals surface area contributed by atoms with Crippen LogP contribution in [0.2, 0.25) is 0 Å². The molecule has 0 amide bonds. The zero-order valence-electron chi connectivity index (χ0n) is 9.24. The second-order valence-electron chi connectivity index (χ2n) is 3.96. The highest BCUT2D eigenvalue weighted by molar-refractivity contribution is 14.1. The first-order valence-electron chi connectivity index (χ1n) is 4.99. The van der Waals surface area contributed by atoms with Crippen molar-refractivity contribution < 1.29 is 10.2 Å². The lowest BCUT2D eigenvalue weighted by atomic mass is 10.1. The minimum atomic E-state index is -0.737. The fourth-order valence-corrected chi connectivity index (χ4v) is 2.89. The Kier molecular flexibility index (Phi) is 4.54. The average molecular weight is 324 g/mol. The number of aliphatic hydroxyl groups is 2. The van der Waals surface area contributed by atoms with Gasteiger partial charge in [0.2, 0.25) is 0 Å². The Morgan fingerprint density at radius 2 is 2.07 bits per heavy atom. The molecular formula is C10H17IN2O2. The van der Waals surface area contributed by atoms with Crippen LogP contribution in [0.4, 0.5) is 0 Å². The largest absolute Gasteiger partial charge is 0.394 e. The number of hydrogen-bond acceptors (Lipinski definition) is 3. The smallest absolute Gasteiger partial charge is 0.127 e. The second kappa shape index (κ2) is 5.27. The zero-order valence-corrected chi connectivity index (χ0v) is 11.4. The van der Waals surface area contributed by atoms with Gasteiger partial charge in [-0.05, 0) is 35.4 Å². The molecule has 5 heteroatoms. The van der Waals surface area contributed by atoms with Crippen molar-refractivity contribution in [2.24, 2.45) is 0 Å². The van der Waals surface area contributed by atoms with E-state index in [0.29, 0.717) is 12.5 Å². The van der Waals surface area contributed by atoms with Crippen LogP contribution in [-0.2, 0) is 6.54 Å². The number of aromatic nitrogens is 2. The monoisotopic (exact) mass is 324 g/mol. The van der Waals surface area contributed by atoms with Crippen LogP contribution in [0.5, 0.6) is 0 Å². The maximum Gasteiger partial charge on any atom is 0.127 e. The van der Waals surface area contributed by atoms with Gasteiger partial charge in [0.15, 0.2) is 0 Å². The fourth-order valence-electron chi connectivity index (χ4n) is 1.61. The third-order valence-electron chi connectivity index (χ3n) is 2.38. The molecule has 1 rings (SSSR count). The van der Waals surface area contributed by atoms with Gasteiger partial charge in [0.1, 0.15) is 3.70 Å². The molecule has 1 heterocycles. The molecule has 1 atom stereocenters. The molecule has 0 saturated carbocycles. The van der Waals surface area contributed by atoms with E-state index >= 15 is 0 Å². The lowest BCUT2D eigenvalue weighted by Crippen LogP contribution is -2.21. The molecule has 86 valence electrons. The maximum atomic E-state index is 9.36. The maximum absolute atomic E-state index is 9.36. The van der Waals surface area contributed by atoms with Crippen LogP contribution in [0.15, 0.2) is 0 Å². The summed E-state index contributed by atoms with van der Waals surface area (Å²) in [6.45, 7) is 6.37. The summed E-state index contributed by atoms with van der Waals surface area (Å²) >= 11 is 2.20. The van der Waals surface area contributed by atoms with Crippen LogP contribution >= 0.6 is 22.6 Å². The van der Waals surface area contributed by atoms with Crippen molar-refractivity contribution >= 4 is 22.6 Å². The standard InChI is InChI=1S/C10H17IN2O2/c1-6(2)9-7(3)13(12-10(9)11)4-8(15)5-14/h6,8,14-15H,4-5H2,1-3H3. The van der Waals surface area contributed by atoms with Crippen LogP contribution < -0.4 is 0 Å². The van der Waals surface area contributed by atoms with E-state index in [1.165, 1.54) is 5.56 Å². The normalized spacial score (nSPS) is 13.5. The van der Waals surface area contributed by atoms with E-state index < -0.39 is 6.10 Å². The van der Waals surface area contributed by atoms with Gasteiger partial charge in [-0.3, -0.25) is 4.68 Å². The molecule has 0 aromatic carbocycles. The number of halogens is 1. The van der Waals surface area contributed by atoms with Gasteiger partial charge in [-0.2, -0.15) is 5.10 Å². The van der Waals surface area contributed by atoms with E-state index in [2.05, 4.69) is 41.5 Å². The van der Waals surface area contributed by atoms with Gasteiger partial charge in [0.05, 0.1) is 19.3 Å². The van der Waals surface area contributed by atoms with Crippen LogP contribution in [0.1, 0.15) is 31.0 Å². The van der Waals surface area contributed by atoms with Gasteiger partial charge in [-0.15, -0.1) is 0 Å². The summed E-state index contributed by atoms with van der Waals surface area (Å²) in [5.41, 5.74) is 2.29. The van der Waals surface area contributed by atoms with Gasteiger partial charge in [0.25, 0.3) is 0 Å². The van der Waals surface area contributed by atoms with Crippen molar-refractivity contribution in [2.45, 2.75) is 39.3 Å². The van der Waals surface area contributed by atoms with Gasteiger partial charge in [-0.1, -0.05) is 13.8 Å². The first-order valence-corrected chi connectivity index (χ1v) is 6.07. The third kappa shape index (κ3) is 2.92. The summed E-state index contributed by atoms with van der Waals surface area (Å²) in [7, 11) is 0. The lowest BCUT2D eigenvalue weighted by Gasteiger charge is -2.10. The molecule has 2 N–H and O–H groups in total. The molecule has 0 aliphatic rings. The molecule has 1 aromatic heterocycles. The average Bonchev–Trinajstić information content (AvgIpc) is 2.41. The Balaban J connectivity index is 2.96. The highest BCUT2D eigenvalue weighted by Gasteiger charge is 2.16. The Morgan fingerprint density at radius 1 is 1.47 bits per heavy atom. The lowest BCUT2D eigenvalue weighted by molar-refractivity contribution is 0.0776. The summed E-state index contributed by atoms with van der Waals surface area (Å²) in [6.07, 6.45) is -0.737. The summed E-state index contributed by atoms with van der Waals surface area (Å²) in [5.74, 6) is 0.428. The van der Waals surface area contributed by atoms with Gasteiger partial charge in [-0.25, -0.2) is 0 Å². The Hall–Kier alpha value is -0.140. The van der Waals surface area contributed by atoms with Crippen molar-refractivity contribution in [2.75, 3.05) is 6.61 Å². The molecule has 0 radical (unpaired) electrons. The Morgan fingerprint density at radius 3 is 2.47 bits per heavy atom. The first-order chi connectivity index (χ1) is 6.97. The van der Waals surface area contributed by atoms with Crippen LogP contribution in [0, 0.1) is 10.6 Å². The third-order valence-corrected chi connectivity index (χ3v) is 3.18. The molecule has 0 aliphatic carbocycles. The van der Waals surface area contributed by atoms with E-state index in [4.69, 9.17) is 5.11 Å². The Labute approximate surface area is 103 Å². The number of nitrogens with zero attached hydrogens (tertiary/aromatic N) is 2. The second-order valence-corrected chi connectivity index (χ2v) is 4.98. The first kappa shape index (κ1) is 12.9. The zero-order chi connectivity index (χ0) is 11.6. The van der Waals surface area contributed by atoms with Crippen molar-refractivity contribution in [3.63, 3.8) is 0 Å². The molecular weight excluding hydrogens is 307 g/mol. The predicted octanol–water partition coefficient (Wildman–Crippen LogP) is 1.27. The molecule has 0 aliphatic heterocycles.